The van der Waals surface area contributed by atoms with Crippen molar-refractivity contribution in [2.75, 3.05) is 5.75 Å². The number of carbonyl (C=O) groups is 2. The minimum Gasteiger partial charge on any atom is -0.351 e. The molecule has 0 aliphatic heterocycles. The molecule has 6 nitrogen and oxygen atoms in total. The number of rotatable bonds is 4. The minimum absolute atomic E-state index is 0.00655. The molecule has 2 aromatic rings. The first-order valence-corrected chi connectivity index (χ1v) is 8.61. The summed E-state index contributed by atoms with van der Waals surface area (Å²) in [4.78, 5) is 21.9. The van der Waals surface area contributed by atoms with Crippen molar-refractivity contribution in [3.8, 4) is 5.69 Å². The average Bonchev–Trinajstić information content (AvgIpc) is 2.80. The molecule has 0 fully saturated rings. The van der Waals surface area contributed by atoms with Crippen LogP contribution >= 0.6 is 58.5 Å². The minimum atomic E-state index is -0.889. The van der Waals surface area contributed by atoms with Crippen molar-refractivity contribution in [3.05, 3.63) is 32.2 Å². The number of benzene rings is 1. The molecule has 2 rings (SSSR count). The molecule has 0 saturated heterocycles. The van der Waals surface area contributed by atoms with Crippen LogP contribution in [0.25, 0.3) is 5.69 Å². The molecule has 0 unspecified atom stereocenters. The lowest BCUT2D eigenvalue weighted by molar-refractivity contribution is -0.117. The third-order valence-electron chi connectivity index (χ3n) is 2.27. The van der Waals surface area contributed by atoms with E-state index in [1.807, 2.05) is 5.32 Å². The van der Waals surface area contributed by atoms with Gasteiger partial charge in [0, 0.05) is 0 Å². The predicted octanol–water partition coefficient (Wildman–Crippen LogP) is 3.26. The SMILES string of the molecule is NC(=O)NC(=O)CSc1nn(-c2ccc(Cl)c(Cl)c2)c(=S)s1. The van der Waals surface area contributed by atoms with Crippen LogP contribution in [0.15, 0.2) is 22.5 Å². The van der Waals surface area contributed by atoms with Crippen molar-refractivity contribution in [3.63, 3.8) is 0 Å². The van der Waals surface area contributed by atoms with Crippen LogP contribution in [-0.2, 0) is 4.79 Å². The number of hydrogen-bond acceptors (Lipinski definition) is 6. The number of halogens is 2. The maximum Gasteiger partial charge on any atom is 0.318 e. The van der Waals surface area contributed by atoms with Gasteiger partial charge in [-0.1, -0.05) is 46.3 Å². The first-order chi connectivity index (χ1) is 10.4. The Morgan fingerprint density at radius 2 is 2.14 bits per heavy atom. The Morgan fingerprint density at radius 3 is 2.77 bits per heavy atom. The van der Waals surface area contributed by atoms with E-state index < -0.39 is 11.9 Å². The van der Waals surface area contributed by atoms with Gasteiger partial charge in [0.2, 0.25) is 5.91 Å². The van der Waals surface area contributed by atoms with E-state index in [9.17, 15) is 9.59 Å². The van der Waals surface area contributed by atoms with E-state index in [1.165, 1.54) is 16.0 Å². The number of nitrogens with one attached hydrogen (secondary N) is 1. The Morgan fingerprint density at radius 1 is 1.41 bits per heavy atom. The van der Waals surface area contributed by atoms with Crippen molar-refractivity contribution < 1.29 is 9.59 Å². The Bertz CT molecular complexity index is 790. The third-order valence-corrected chi connectivity index (χ3v) is 5.37. The normalized spacial score (nSPS) is 10.5. The summed E-state index contributed by atoms with van der Waals surface area (Å²) in [6, 6.07) is 4.14. The van der Waals surface area contributed by atoms with Crippen LogP contribution in [-0.4, -0.2) is 27.5 Å². The number of amides is 3. The third kappa shape index (κ3) is 4.43. The van der Waals surface area contributed by atoms with Crippen LogP contribution in [0.2, 0.25) is 10.0 Å². The van der Waals surface area contributed by atoms with Crippen LogP contribution in [0, 0.1) is 3.95 Å². The number of thioether (sulfide) groups is 1. The molecule has 0 radical (unpaired) electrons. The van der Waals surface area contributed by atoms with E-state index >= 15 is 0 Å². The van der Waals surface area contributed by atoms with Crippen LogP contribution in [0.5, 0.6) is 0 Å². The molecular formula is C11H8Cl2N4O2S3. The molecule has 0 saturated carbocycles. The van der Waals surface area contributed by atoms with Crippen molar-refractivity contribution in [2.24, 2.45) is 5.73 Å². The summed E-state index contributed by atoms with van der Waals surface area (Å²) in [6.07, 6.45) is 0. The van der Waals surface area contributed by atoms with Crippen LogP contribution in [0.1, 0.15) is 0 Å². The quantitative estimate of drug-likeness (QED) is 0.613. The smallest absolute Gasteiger partial charge is 0.318 e. The largest absolute Gasteiger partial charge is 0.351 e. The molecule has 1 aromatic heterocycles. The number of carbonyl (C=O) groups excluding carboxylic acids is 2. The Labute approximate surface area is 148 Å². The number of hydrogen-bond donors (Lipinski definition) is 2. The van der Waals surface area contributed by atoms with Crippen LogP contribution in [0.4, 0.5) is 4.79 Å². The fourth-order valence-electron chi connectivity index (χ4n) is 1.40. The van der Waals surface area contributed by atoms with Gasteiger partial charge in [0.05, 0.1) is 21.5 Å². The van der Waals surface area contributed by atoms with Gasteiger partial charge in [-0.25, -0.2) is 9.48 Å². The van der Waals surface area contributed by atoms with Gasteiger partial charge < -0.3 is 5.73 Å². The molecule has 1 aromatic carbocycles. The molecule has 0 bridgehead atoms. The summed E-state index contributed by atoms with van der Waals surface area (Å²) in [5, 5.41) is 7.10. The molecule has 0 spiro atoms. The van der Waals surface area contributed by atoms with E-state index in [2.05, 4.69) is 5.10 Å². The topological polar surface area (TPSA) is 90.0 Å². The zero-order valence-corrected chi connectivity index (χ0v) is 14.7. The second-order valence-corrected chi connectivity index (χ2v) is 7.50. The molecule has 0 aliphatic rings. The van der Waals surface area contributed by atoms with Crippen molar-refractivity contribution in [1.29, 1.82) is 0 Å². The highest BCUT2D eigenvalue weighted by molar-refractivity contribution is 8.01. The lowest BCUT2D eigenvalue weighted by atomic mass is 10.3. The zero-order chi connectivity index (χ0) is 16.3. The Kier molecular flexibility index (Phi) is 5.81. The second-order valence-electron chi connectivity index (χ2n) is 3.85. The first-order valence-electron chi connectivity index (χ1n) is 5.64. The first kappa shape index (κ1) is 17.2. The number of primary amides is 1. The molecular weight excluding hydrogens is 387 g/mol. The molecule has 3 amide bonds. The van der Waals surface area contributed by atoms with Crippen molar-refractivity contribution in [1.82, 2.24) is 15.1 Å². The average molecular weight is 395 g/mol. The fraction of sp³-hybridized carbons (Fsp3) is 0.0909. The number of urea groups is 1. The van der Waals surface area contributed by atoms with Gasteiger partial charge in [0.1, 0.15) is 0 Å². The summed E-state index contributed by atoms with van der Waals surface area (Å²) in [6.45, 7) is 0. The van der Waals surface area contributed by atoms with Crippen LogP contribution in [0.3, 0.4) is 0 Å². The standard InChI is InChI=1S/C11H8Cl2N4O2S3/c12-6-2-1-5(3-7(6)13)17-11(20)22-10(16-17)21-4-8(18)15-9(14)19/h1-3H,4H2,(H3,14,15,18,19). The summed E-state index contributed by atoms with van der Waals surface area (Å²) in [5.74, 6) is -0.494. The maximum atomic E-state index is 11.3. The Balaban J connectivity index is 2.14. The number of imide groups is 1. The van der Waals surface area contributed by atoms with Gasteiger partial charge in [-0.2, -0.15) is 0 Å². The van der Waals surface area contributed by atoms with Gasteiger partial charge >= 0.3 is 6.03 Å². The van der Waals surface area contributed by atoms with Gasteiger partial charge in [0.25, 0.3) is 0 Å². The van der Waals surface area contributed by atoms with Crippen molar-refractivity contribution >= 4 is 70.5 Å². The second kappa shape index (κ2) is 7.42. The predicted molar refractivity (Wildman–Crippen MR) is 90.7 cm³/mol. The number of aromatic nitrogens is 2. The maximum absolute atomic E-state index is 11.3. The molecule has 11 heteroatoms. The van der Waals surface area contributed by atoms with E-state index in [4.69, 9.17) is 41.2 Å². The number of nitrogens with zero attached hydrogens (tertiary/aromatic N) is 2. The summed E-state index contributed by atoms with van der Waals surface area (Å²) in [5.41, 5.74) is 5.53. The molecule has 1 heterocycles. The molecule has 22 heavy (non-hydrogen) atoms. The van der Waals surface area contributed by atoms with Gasteiger partial charge in [-0.3, -0.25) is 10.1 Å². The lowest BCUT2D eigenvalue weighted by Gasteiger charge is -2.02. The lowest BCUT2D eigenvalue weighted by Crippen LogP contribution is -2.36. The fourth-order valence-corrected chi connectivity index (χ4v) is 3.85. The van der Waals surface area contributed by atoms with E-state index in [0.29, 0.717) is 24.0 Å². The van der Waals surface area contributed by atoms with Gasteiger partial charge in [-0.15, -0.1) is 5.10 Å². The number of nitrogens with two attached hydrogens (primary N) is 1. The summed E-state index contributed by atoms with van der Waals surface area (Å²) < 4.78 is 2.60. The molecule has 3 N–H and O–H groups in total. The van der Waals surface area contributed by atoms with E-state index in [1.54, 1.807) is 18.2 Å². The van der Waals surface area contributed by atoms with E-state index in [-0.39, 0.29) is 5.75 Å². The van der Waals surface area contributed by atoms with Crippen LogP contribution < -0.4 is 11.1 Å². The molecule has 0 atom stereocenters. The van der Waals surface area contributed by atoms with Gasteiger partial charge in [0.15, 0.2) is 8.29 Å². The summed E-state index contributed by atoms with van der Waals surface area (Å²) >= 11 is 19.5. The zero-order valence-electron chi connectivity index (χ0n) is 10.7. The van der Waals surface area contributed by atoms with E-state index in [0.717, 1.165) is 11.8 Å². The summed E-state index contributed by atoms with van der Waals surface area (Å²) in [7, 11) is 0. The Hall–Kier alpha value is -1.13. The highest BCUT2D eigenvalue weighted by Gasteiger charge is 2.11. The molecule has 0 aliphatic carbocycles. The van der Waals surface area contributed by atoms with Gasteiger partial charge in [-0.05, 0) is 30.4 Å². The highest BCUT2D eigenvalue weighted by Crippen LogP contribution is 2.27. The monoisotopic (exact) mass is 394 g/mol. The molecule has 116 valence electrons. The van der Waals surface area contributed by atoms with Crippen molar-refractivity contribution in [2.45, 2.75) is 4.34 Å². The highest BCUT2D eigenvalue weighted by atomic mass is 35.5.